The molecule has 6 heteroatoms. The lowest BCUT2D eigenvalue weighted by Gasteiger charge is -2.31. The van der Waals surface area contributed by atoms with Gasteiger partial charge < -0.3 is 9.47 Å². The zero-order valence-corrected chi connectivity index (χ0v) is 16.7. The van der Waals surface area contributed by atoms with Gasteiger partial charge in [-0.15, -0.1) is 0 Å². The zero-order valence-electron chi connectivity index (χ0n) is 15.9. The van der Waals surface area contributed by atoms with E-state index in [2.05, 4.69) is 0 Å². The van der Waals surface area contributed by atoms with Gasteiger partial charge in [0.25, 0.3) is 0 Å². The normalized spacial score (nSPS) is 18.2. The van der Waals surface area contributed by atoms with Crippen molar-refractivity contribution in [2.24, 2.45) is 5.92 Å². The van der Waals surface area contributed by atoms with E-state index >= 15 is 0 Å². The molecule has 1 aliphatic heterocycles. The highest BCUT2D eigenvalue weighted by Crippen LogP contribution is 2.26. The zero-order chi connectivity index (χ0) is 19.3. The number of hydrogen-bond donors (Lipinski definition) is 0. The van der Waals surface area contributed by atoms with Crippen molar-refractivity contribution in [3.8, 4) is 11.5 Å². The van der Waals surface area contributed by atoms with E-state index in [9.17, 15) is 8.42 Å². The minimum Gasteiger partial charge on any atom is -0.494 e. The molecule has 146 valence electrons. The summed E-state index contributed by atoms with van der Waals surface area (Å²) < 4.78 is 38.8. The van der Waals surface area contributed by atoms with E-state index in [0.29, 0.717) is 36.9 Å². The van der Waals surface area contributed by atoms with Gasteiger partial charge in [0.15, 0.2) is 0 Å². The topological polar surface area (TPSA) is 55.8 Å². The Morgan fingerprint density at radius 3 is 2.56 bits per heavy atom. The van der Waals surface area contributed by atoms with Gasteiger partial charge in [-0.1, -0.05) is 12.1 Å². The van der Waals surface area contributed by atoms with Gasteiger partial charge in [-0.2, -0.15) is 4.31 Å². The van der Waals surface area contributed by atoms with E-state index in [1.54, 1.807) is 28.6 Å². The lowest BCUT2D eigenvalue weighted by atomic mass is 10.0. The van der Waals surface area contributed by atoms with Crippen LogP contribution in [0.25, 0.3) is 0 Å². The predicted octanol–water partition coefficient (Wildman–Crippen LogP) is 3.87. The molecule has 0 radical (unpaired) electrons. The summed E-state index contributed by atoms with van der Waals surface area (Å²) in [4.78, 5) is 0.311. The molecule has 1 unspecified atom stereocenters. The van der Waals surface area contributed by atoms with Gasteiger partial charge in [-0.3, -0.25) is 0 Å². The molecule has 2 aromatic rings. The SMILES string of the molecule is CCOc1ccc(S(=O)(=O)N2CCCC(COc3cccc(C)c3)C2)cc1. The van der Waals surface area contributed by atoms with Crippen molar-refractivity contribution in [1.82, 2.24) is 4.31 Å². The monoisotopic (exact) mass is 389 g/mol. The van der Waals surface area contributed by atoms with E-state index in [1.807, 2.05) is 38.1 Å². The van der Waals surface area contributed by atoms with Gasteiger partial charge in [0.1, 0.15) is 11.5 Å². The van der Waals surface area contributed by atoms with Crippen LogP contribution in [0.5, 0.6) is 11.5 Å². The van der Waals surface area contributed by atoms with Gasteiger partial charge in [0.05, 0.1) is 18.1 Å². The maximum atomic E-state index is 13.0. The molecule has 0 saturated carbocycles. The molecule has 1 atom stereocenters. The van der Waals surface area contributed by atoms with Crippen LogP contribution in [0, 0.1) is 12.8 Å². The molecule has 0 amide bonds. The average Bonchev–Trinajstić information content (AvgIpc) is 2.67. The Morgan fingerprint density at radius 1 is 1.07 bits per heavy atom. The van der Waals surface area contributed by atoms with Crippen LogP contribution in [0.3, 0.4) is 0 Å². The minimum atomic E-state index is -3.49. The van der Waals surface area contributed by atoms with E-state index in [-0.39, 0.29) is 5.92 Å². The maximum absolute atomic E-state index is 13.0. The molecule has 1 fully saturated rings. The second kappa shape index (κ2) is 8.76. The first kappa shape index (κ1) is 19.7. The highest BCUT2D eigenvalue weighted by atomic mass is 32.2. The number of rotatable bonds is 7. The Balaban J connectivity index is 1.63. The smallest absolute Gasteiger partial charge is 0.243 e. The molecule has 1 saturated heterocycles. The molecule has 0 aliphatic carbocycles. The van der Waals surface area contributed by atoms with Crippen LogP contribution in [0.1, 0.15) is 25.3 Å². The van der Waals surface area contributed by atoms with Crippen molar-refractivity contribution >= 4 is 10.0 Å². The second-order valence-corrected chi connectivity index (χ2v) is 8.84. The van der Waals surface area contributed by atoms with Crippen molar-refractivity contribution in [2.45, 2.75) is 31.6 Å². The third-order valence-electron chi connectivity index (χ3n) is 4.73. The molecule has 3 rings (SSSR count). The summed E-state index contributed by atoms with van der Waals surface area (Å²) in [6, 6.07) is 14.6. The first-order valence-corrected chi connectivity index (χ1v) is 10.9. The summed E-state index contributed by atoms with van der Waals surface area (Å²) in [5.74, 6) is 1.71. The highest BCUT2D eigenvalue weighted by Gasteiger charge is 2.30. The van der Waals surface area contributed by atoms with Crippen LogP contribution in [0.2, 0.25) is 0 Å². The summed E-state index contributed by atoms with van der Waals surface area (Å²) in [6.07, 6.45) is 1.82. The second-order valence-electron chi connectivity index (χ2n) is 6.90. The molecule has 5 nitrogen and oxygen atoms in total. The summed E-state index contributed by atoms with van der Waals surface area (Å²) in [5, 5.41) is 0. The van der Waals surface area contributed by atoms with Crippen LogP contribution >= 0.6 is 0 Å². The maximum Gasteiger partial charge on any atom is 0.243 e. The third-order valence-corrected chi connectivity index (χ3v) is 6.61. The first-order valence-electron chi connectivity index (χ1n) is 9.41. The van der Waals surface area contributed by atoms with Gasteiger partial charge in [-0.25, -0.2) is 8.42 Å². The summed E-state index contributed by atoms with van der Waals surface area (Å²) in [6.45, 7) is 6.05. The molecule has 1 heterocycles. The van der Waals surface area contributed by atoms with Crippen molar-refractivity contribution < 1.29 is 17.9 Å². The predicted molar refractivity (Wildman–Crippen MR) is 106 cm³/mol. The highest BCUT2D eigenvalue weighted by molar-refractivity contribution is 7.89. The van der Waals surface area contributed by atoms with Crippen molar-refractivity contribution in [3.05, 3.63) is 54.1 Å². The number of hydrogen-bond acceptors (Lipinski definition) is 4. The van der Waals surface area contributed by atoms with Gasteiger partial charge >= 0.3 is 0 Å². The standard InChI is InChI=1S/C21H27NO4S/c1-3-25-19-9-11-21(12-10-19)27(23,24)22-13-5-7-18(15-22)16-26-20-8-4-6-17(2)14-20/h4,6,8-12,14,18H,3,5,7,13,15-16H2,1-2H3. The lowest BCUT2D eigenvalue weighted by Crippen LogP contribution is -2.41. The fraction of sp³-hybridized carbons (Fsp3) is 0.429. The van der Waals surface area contributed by atoms with Crippen molar-refractivity contribution in [2.75, 3.05) is 26.3 Å². The first-order chi connectivity index (χ1) is 13.0. The fourth-order valence-electron chi connectivity index (χ4n) is 3.32. The number of sulfonamides is 1. The molecule has 2 aromatic carbocycles. The third kappa shape index (κ3) is 5.02. The van der Waals surface area contributed by atoms with Crippen LogP contribution in [-0.4, -0.2) is 39.0 Å². The molecule has 27 heavy (non-hydrogen) atoms. The quantitative estimate of drug-likeness (QED) is 0.721. The summed E-state index contributed by atoms with van der Waals surface area (Å²) in [5.41, 5.74) is 1.15. The molecular weight excluding hydrogens is 362 g/mol. The molecule has 0 spiro atoms. The molecular formula is C21H27NO4S. The molecule has 1 aliphatic rings. The number of aryl methyl sites for hydroxylation is 1. The van der Waals surface area contributed by atoms with Crippen LogP contribution in [-0.2, 0) is 10.0 Å². The Bertz CT molecular complexity index is 849. The van der Waals surface area contributed by atoms with Crippen LogP contribution in [0.15, 0.2) is 53.4 Å². The van der Waals surface area contributed by atoms with E-state index in [0.717, 1.165) is 24.2 Å². The Labute approximate surface area is 162 Å². The number of nitrogens with zero attached hydrogens (tertiary/aromatic N) is 1. The lowest BCUT2D eigenvalue weighted by molar-refractivity contribution is 0.180. The fourth-order valence-corrected chi connectivity index (χ4v) is 4.88. The van der Waals surface area contributed by atoms with Crippen molar-refractivity contribution in [3.63, 3.8) is 0 Å². The van der Waals surface area contributed by atoms with E-state index < -0.39 is 10.0 Å². The number of ether oxygens (including phenoxy) is 2. The Morgan fingerprint density at radius 2 is 1.85 bits per heavy atom. The van der Waals surface area contributed by atoms with E-state index in [4.69, 9.17) is 9.47 Å². The van der Waals surface area contributed by atoms with E-state index in [1.165, 1.54) is 0 Å². The largest absolute Gasteiger partial charge is 0.494 e. The Hall–Kier alpha value is -2.05. The van der Waals surface area contributed by atoms with Crippen LogP contribution < -0.4 is 9.47 Å². The molecule has 0 N–H and O–H groups in total. The van der Waals surface area contributed by atoms with Crippen molar-refractivity contribution in [1.29, 1.82) is 0 Å². The van der Waals surface area contributed by atoms with Crippen LogP contribution in [0.4, 0.5) is 0 Å². The molecule has 0 aromatic heterocycles. The number of benzene rings is 2. The minimum absolute atomic E-state index is 0.191. The van der Waals surface area contributed by atoms with Gasteiger partial charge in [-0.05, 0) is 68.7 Å². The van der Waals surface area contributed by atoms with Gasteiger partial charge in [0.2, 0.25) is 10.0 Å². The molecule has 0 bridgehead atoms. The Kier molecular flexibility index (Phi) is 6.39. The summed E-state index contributed by atoms with van der Waals surface area (Å²) in [7, 11) is -3.49. The van der Waals surface area contributed by atoms with Gasteiger partial charge in [0, 0.05) is 19.0 Å². The number of piperidine rings is 1. The summed E-state index contributed by atoms with van der Waals surface area (Å²) >= 11 is 0. The average molecular weight is 390 g/mol.